The van der Waals surface area contributed by atoms with Crippen molar-refractivity contribution in [1.82, 2.24) is 9.97 Å². The maximum atomic E-state index is 14.1. The molecule has 0 aliphatic carbocycles. The number of halogens is 1. The second-order valence-electron chi connectivity index (χ2n) is 5.06. The highest BCUT2D eigenvalue weighted by molar-refractivity contribution is 5.88. The molecule has 1 aromatic carbocycles. The van der Waals surface area contributed by atoms with Crippen molar-refractivity contribution in [1.29, 1.82) is 0 Å². The lowest BCUT2D eigenvalue weighted by Crippen LogP contribution is -2.32. The zero-order chi connectivity index (χ0) is 15.0. The molecule has 6 heteroatoms. The summed E-state index contributed by atoms with van der Waals surface area (Å²) in [6.07, 6.45) is 2.08. The summed E-state index contributed by atoms with van der Waals surface area (Å²) in [4.78, 5) is 20.7. The minimum Gasteiger partial charge on any atom is -0.478 e. The van der Waals surface area contributed by atoms with Crippen LogP contribution in [-0.4, -0.2) is 27.6 Å². The fourth-order valence-corrected chi connectivity index (χ4v) is 2.54. The average molecular weight is 287 g/mol. The van der Waals surface area contributed by atoms with E-state index in [-0.39, 0.29) is 11.4 Å². The van der Waals surface area contributed by atoms with Crippen LogP contribution in [0, 0.1) is 12.7 Å². The number of carbonyl (C=O) groups is 1. The molecule has 1 aliphatic rings. The number of anilines is 1. The topological polar surface area (TPSA) is 66.3 Å². The third-order valence-corrected chi connectivity index (χ3v) is 3.71. The highest BCUT2D eigenvalue weighted by Gasteiger charge is 2.22. The van der Waals surface area contributed by atoms with Gasteiger partial charge in [-0.05, 0) is 36.6 Å². The Morgan fingerprint density at radius 3 is 2.90 bits per heavy atom. The summed E-state index contributed by atoms with van der Waals surface area (Å²) in [7, 11) is 0. The lowest BCUT2D eigenvalue weighted by molar-refractivity contribution is 0.0696. The Morgan fingerprint density at radius 1 is 1.33 bits per heavy atom. The first-order chi connectivity index (χ1) is 10.1. The van der Waals surface area contributed by atoms with Crippen LogP contribution >= 0.6 is 0 Å². The summed E-state index contributed by atoms with van der Waals surface area (Å²) in [5, 5.41) is 9.06. The van der Waals surface area contributed by atoms with Gasteiger partial charge >= 0.3 is 5.97 Å². The molecule has 0 spiro atoms. The molecule has 5 nitrogen and oxygen atoms in total. The van der Waals surface area contributed by atoms with E-state index in [4.69, 9.17) is 5.11 Å². The molecule has 0 atom stereocenters. The Kier molecular flexibility index (Phi) is 3.29. The van der Waals surface area contributed by atoms with Crippen molar-refractivity contribution >= 4 is 11.8 Å². The number of fused-ring (bicyclic) bond motifs is 1. The van der Waals surface area contributed by atoms with Crippen LogP contribution in [0.4, 0.5) is 10.2 Å². The van der Waals surface area contributed by atoms with Crippen LogP contribution in [-0.2, 0) is 13.0 Å². The van der Waals surface area contributed by atoms with E-state index in [0.717, 1.165) is 17.5 Å². The van der Waals surface area contributed by atoms with Crippen molar-refractivity contribution < 1.29 is 14.3 Å². The Balaban J connectivity index is 1.95. The van der Waals surface area contributed by atoms with Crippen LogP contribution in [0.5, 0.6) is 0 Å². The summed E-state index contributed by atoms with van der Waals surface area (Å²) < 4.78 is 14.1. The first-order valence-electron chi connectivity index (χ1n) is 6.63. The maximum absolute atomic E-state index is 14.1. The molecular weight excluding hydrogens is 273 g/mol. The second-order valence-corrected chi connectivity index (χ2v) is 5.06. The molecule has 3 rings (SSSR count). The van der Waals surface area contributed by atoms with Gasteiger partial charge in [0.1, 0.15) is 6.33 Å². The van der Waals surface area contributed by atoms with Gasteiger partial charge in [-0.25, -0.2) is 19.2 Å². The molecular formula is C15H14FN3O2. The van der Waals surface area contributed by atoms with Crippen LogP contribution in [0.2, 0.25) is 0 Å². The molecule has 0 radical (unpaired) electrons. The number of carboxylic acid groups (broad SMARTS) is 1. The second kappa shape index (κ2) is 5.12. The zero-order valence-electron chi connectivity index (χ0n) is 11.5. The number of hydrogen-bond acceptors (Lipinski definition) is 4. The van der Waals surface area contributed by atoms with Crippen molar-refractivity contribution in [3.63, 3.8) is 0 Å². The van der Waals surface area contributed by atoms with Gasteiger partial charge in [-0.3, -0.25) is 0 Å². The Morgan fingerprint density at radius 2 is 2.14 bits per heavy atom. The number of carboxylic acids is 1. The van der Waals surface area contributed by atoms with Crippen LogP contribution < -0.4 is 4.90 Å². The molecule has 2 heterocycles. The predicted octanol–water partition coefficient (Wildman–Crippen LogP) is 2.19. The average Bonchev–Trinajstić information content (AvgIpc) is 2.49. The summed E-state index contributed by atoms with van der Waals surface area (Å²) in [5.74, 6) is -1.11. The SMILES string of the molecule is Cc1ncnc(N2CCc3ccc(C(=O)O)cc3C2)c1F. The molecule has 0 saturated carbocycles. The molecule has 21 heavy (non-hydrogen) atoms. The minimum absolute atomic E-state index is 0.245. The van der Waals surface area contributed by atoms with Gasteiger partial charge in [0.15, 0.2) is 11.6 Å². The number of nitrogens with zero attached hydrogens (tertiary/aromatic N) is 3. The van der Waals surface area contributed by atoms with Gasteiger partial charge in [-0.2, -0.15) is 0 Å². The van der Waals surface area contributed by atoms with Crippen LogP contribution in [0.15, 0.2) is 24.5 Å². The molecule has 0 unspecified atom stereocenters. The van der Waals surface area contributed by atoms with E-state index in [1.54, 1.807) is 19.1 Å². The van der Waals surface area contributed by atoms with E-state index in [1.165, 1.54) is 6.33 Å². The van der Waals surface area contributed by atoms with E-state index >= 15 is 0 Å². The standard InChI is InChI=1S/C15H14FN3O2/c1-9-13(16)14(18-8-17-9)19-5-4-10-2-3-11(15(20)21)6-12(10)7-19/h2-3,6,8H,4-5,7H2,1H3,(H,20,21). The molecule has 2 aromatic rings. The van der Waals surface area contributed by atoms with E-state index in [9.17, 15) is 9.18 Å². The molecule has 1 aliphatic heterocycles. The van der Waals surface area contributed by atoms with Crippen molar-refractivity contribution in [3.05, 3.63) is 52.7 Å². The van der Waals surface area contributed by atoms with Crippen molar-refractivity contribution in [2.24, 2.45) is 0 Å². The molecule has 0 fully saturated rings. The highest BCUT2D eigenvalue weighted by atomic mass is 19.1. The molecule has 0 saturated heterocycles. The van der Waals surface area contributed by atoms with E-state index in [1.807, 2.05) is 11.0 Å². The normalized spacial score (nSPS) is 13.9. The third-order valence-electron chi connectivity index (χ3n) is 3.71. The number of aryl methyl sites for hydroxylation is 1. The number of benzene rings is 1. The van der Waals surface area contributed by atoms with Crippen LogP contribution in [0.3, 0.4) is 0 Å². The van der Waals surface area contributed by atoms with E-state index in [2.05, 4.69) is 9.97 Å². The number of aromatic nitrogens is 2. The molecule has 108 valence electrons. The molecule has 1 aromatic heterocycles. The first-order valence-corrected chi connectivity index (χ1v) is 6.63. The lowest BCUT2D eigenvalue weighted by atomic mass is 9.97. The van der Waals surface area contributed by atoms with Crippen LogP contribution in [0.25, 0.3) is 0 Å². The molecule has 1 N–H and O–H groups in total. The smallest absolute Gasteiger partial charge is 0.335 e. The Bertz CT molecular complexity index is 718. The van der Waals surface area contributed by atoms with Crippen LogP contribution in [0.1, 0.15) is 27.2 Å². The fraction of sp³-hybridized carbons (Fsp3) is 0.267. The fourth-order valence-electron chi connectivity index (χ4n) is 2.54. The van der Waals surface area contributed by atoms with Gasteiger partial charge in [0.25, 0.3) is 0 Å². The van der Waals surface area contributed by atoms with Gasteiger partial charge < -0.3 is 10.0 Å². The minimum atomic E-state index is -0.959. The Hall–Kier alpha value is -2.50. The van der Waals surface area contributed by atoms with Gasteiger partial charge in [-0.15, -0.1) is 0 Å². The van der Waals surface area contributed by atoms with Gasteiger partial charge in [-0.1, -0.05) is 6.07 Å². The molecule has 0 bridgehead atoms. The van der Waals surface area contributed by atoms with E-state index < -0.39 is 11.8 Å². The summed E-state index contributed by atoms with van der Waals surface area (Å²) >= 11 is 0. The summed E-state index contributed by atoms with van der Waals surface area (Å²) in [6, 6.07) is 5.08. The van der Waals surface area contributed by atoms with Crippen molar-refractivity contribution in [2.75, 3.05) is 11.4 Å². The number of aromatic carboxylic acids is 1. The summed E-state index contributed by atoms with van der Waals surface area (Å²) in [5.41, 5.74) is 2.55. The largest absolute Gasteiger partial charge is 0.478 e. The third kappa shape index (κ3) is 2.44. The quantitative estimate of drug-likeness (QED) is 0.917. The predicted molar refractivity (Wildman–Crippen MR) is 74.9 cm³/mol. The van der Waals surface area contributed by atoms with Gasteiger partial charge in [0.05, 0.1) is 11.3 Å². The van der Waals surface area contributed by atoms with E-state index in [0.29, 0.717) is 18.8 Å². The monoisotopic (exact) mass is 287 g/mol. The van der Waals surface area contributed by atoms with Gasteiger partial charge in [0.2, 0.25) is 0 Å². The van der Waals surface area contributed by atoms with Crippen molar-refractivity contribution in [2.45, 2.75) is 19.9 Å². The van der Waals surface area contributed by atoms with Crippen molar-refractivity contribution in [3.8, 4) is 0 Å². The lowest BCUT2D eigenvalue weighted by Gasteiger charge is -2.30. The molecule has 0 amide bonds. The maximum Gasteiger partial charge on any atom is 0.335 e. The summed E-state index contributed by atoms with van der Waals surface area (Å²) in [6.45, 7) is 2.69. The number of hydrogen-bond donors (Lipinski definition) is 1. The Labute approximate surface area is 121 Å². The highest BCUT2D eigenvalue weighted by Crippen LogP contribution is 2.26. The first kappa shape index (κ1) is 13.5. The zero-order valence-corrected chi connectivity index (χ0v) is 11.5. The van der Waals surface area contributed by atoms with Gasteiger partial charge in [0, 0.05) is 13.1 Å². The number of rotatable bonds is 2.